The third-order valence-electron chi connectivity index (χ3n) is 6.67. The van der Waals surface area contributed by atoms with Gasteiger partial charge in [0.25, 0.3) is 5.91 Å². The second kappa shape index (κ2) is 10.1. The van der Waals surface area contributed by atoms with E-state index in [1.54, 1.807) is 24.1 Å². The summed E-state index contributed by atoms with van der Waals surface area (Å²) in [6.07, 6.45) is 2.63. The van der Waals surface area contributed by atoms with E-state index in [2.05, 4.69) is 0 Å². The van der Waals surface area contributed by atoms with Crippen LogP contribution in [0.1, 0.15) is 35.7 Å². The quantitative estimate of drug-likeness (QED) is 0.627. The van der Waals surface area contributed by atoms with Crippen molar-refractivity contribution in [3.05, 3.63) is 59.7 Å². The second-order valence-electron chi connectivity index (χ2n) is 8.78. The first-order valence-corrected chi connectivity index (χ1v) is 13.0. The number of hydrogen-bond acceptors (Lipinski definition) is 5. The van der Waals surface area contributed by atoms with Crippen molar-refractivity contribution in [2.24, 2.45) is 0 Å². The Balaban J connectivity index is 1.43. The molecule has 2 aliphatic heterocycles. The van der Waals surface area contributed by atoms with E-state index in [9.17, 15) is 18.0 Å². The van der Waals surface area contributed by atoms with Crippen molar-refractivity contribution >= 4 is 21.8 Å². The van der Waals surface area contributed by atoms with Gasteiger partial charge in [0.2, 0.25) is 15.9 Å². The van der Waals surface area contributed by atoms with Gasteiger partial charge in [-0.05, 0) is 61.2 Å². The highest BCUT2D eigenvalue weighted by Crippen LogP contribution is 2.26. The molecule has 0 spiro atoms. The number of carbonyl (C=O) groups excluding carboxylic acids is 2. The monoisotopic (exact) mass is 485 g/mol. The molecule has 2 amide bonds. The molecule has 2 fully saturated rings. The maximum atomic E-state index is 13.2. The van der Waals surface area contributed by atoms with Crippen LogP contribution < -0.4 is 4.74 Å². The average Bonchev–Trinajstić information content (AvgIpc) is 3.31. The smallest absolute Gasteiger partial charge is 0.254 e. The lowest BCUT2D eigenvalue weighted by molar-refractivity contribution is -0.129. The summed E-state index contributed by atoms with van der Waals surface area (Å²) in [4.78, 5) is 28.4. The minimum Gasteiger partial charge on any atom is -0.497 e. The molecule has 0 N–H and O–H groups in total. The maximum Gasteiger partial charge on any atom is 0.254 e. The molecule has 1 unspecified atom stereocenters. The summed E-state index contributed by atoms with van der Waals surface area (Å²) in [7, 11) is -2.03. The van der Waals surface area contributed by atoms with E-state index in [0.29, 0.717) is 25.2 Å². The minimum absolute atomic E-state index is 0.0495. The first-order chi connectivity index (χ1) is 16.3. The lowest BCUT2D eigenvalue weighted by Gasteiger charge is -2.33. The molecule has 1 atom stereocenters. The van der Waals surface area contributed by atoms with Crippen LogP contribution in [-0.4, -0.2) is 80.2 Å². The van der Waals surface area contributed by atoms with Crippen LogP contribution in [0, 0.1) is 0 Å². The summed E-state index contributed by atoms with van der Waals surface area (Å²) in [5.41, 5.74) is 1.60. The Morgan fingerprint density at radius 1 is 1.00 bits per heavy atom. The number of nitrogens with zero attached hydrogens (tertiary/aromatic N) is 3. The molecule has 0 bridgehead atoms. The highest BCUT2D eigenvalue weighted by molar-refractivity contribution is 7.89. The van der Waals surface area contributed by atoms with Crippen molar-refractivity contribution in [2.75, 3.05) is 39.8 Å². The summed E-state index contributed by atoms with van der Waals surface area (Å²) in [5.74, 6) is 0.670. The first-order valence-electron chi connectivity index (χ1n) is 11.6. The van der Waals surface area contributed by atoms with Crippen LogP contribution in [0.2, 0.25) is 0 Å². The minimum atomic E-state index is -3.67. The normalized spacial score (nSPS) is 19.3. The lowest BCUT2D eigenvalue weighted by atomic mass is 10.0. The largest absolute Gasteiger partial charge is 0.497 e. The van der Waals surface area contributed by atoms with E-state index in [-0.39, 0.29) is 35.8 Å². The fourth-order valence-electron chi connectivity index (χ4n) is 4.71. The number of likely N-dealkylation sites (tertiary alicyclic amines) is 1. The number of amides is 2. The first kappa shape index (κ1) is 24.2. The van der Waals surface area contributed by atoms with Gasteiger partial charge in [0.15, 0.2) is 0 Å². The number of methoxy groups -OCH3 is 1. The highest BCUT2D eigenvalue weighted by atomic mass is 32.2. The van der Waals surface area contributed by atoms with Gasteiger partial charge in [-0.2, -0.15) is 4.31 Å². The number of benzene rings is 2. The third kappa shape index (κ3) is 5.10. The molecule has 182 valence electrons. The molecule has 8 nitrogen and oxygen atoms in total. The van der Waals surface area contributed by atoms with Crippen molar-refractivity contribution in [1.29, 1.82) is 0 Å². The van der Waals surface area contributed by atoms with Gasteiger partial charge >= 0.3 is 0 Å². The number of sulfonamides is 1. The highest BCUT2D eigenvalue weighted by Gasteiger charge is 2.31. The standard InChI is InChI=1S/C25H31N3O5S/c1-19(29)26-13-15-27(16-14-26)34(31,32)24-10-8-21(9-11-24)25(30)28-12-4-6-22(28)17-20-5-3-7-23(18-20)33-2/h3,5,7-11,18,22H,4,6,12-17H2,1-2H3. The molecule has 9 heteroatoms. The van der Waals surface area contributed by atoms with E-state index >= 15 is 0 Å². The van der Waals surface area contributed by atoms with Gasteiger partial charge in [-0.25, -0.2) is 8.42 Å². The maximum absolute atomic E-state index is 13.2. The second-order valence-corrected chi connectivity index (χ2v) is 10.7. The number of ether oxygens (including phenoxy) is 1. The molecule has 0 radical (unpaired) electrons. The van der Waals surface area contributed by atoms with E-state index < -0.39 is 10.0 Å². The van der Waals surface area contributed by atoms with Crippen molar-refractivity contribution in [3.63, 3.8) is 0 Å². The molecule has 2 aromatic rings. The lowest BCUT2D eigenvalue weighted by Crippen LogP contribution is -2.49. The van der Waals surface area contributed by atoms with Crippen LogP contribution in [0.25, 0.3) is 0 Å². The van der Waals surface area contributed by atoms with Crippen LogP contribution in [0.5, 0.6) is 5.75 Å². The summed E-state index contributed by atoms with van der Waals surface area (Å²) < 4.78 is 32.8. The molecule has 2 aliphatic rings. The molecule has 2 heterocycles. The topological polar surface area (TPSA) is 87.2 Å². The summed E-state index contributed by atoms with van der Waals surface area (Å²) in [5, 5.41) is 0. The Morgan fingerprint density at radius 3 is 2.35 bits per heavy atom. The molecule has 2 saturated heterocycles. The number of piperazine rings is 1. The molecule has 0 aromatic heterocycles. The molecule has 2 aromatic carbocycles. The Kier molecular flexibility index (Phi) is 7.23. The molecule has 34 heavy (non-hydrogen) atoms. The Morgan fingerprint density at radius 2 is 1.71 bits per heavy atom. The van der Waals surface area contributed by atoms with E-state index in [1.807, 2.05) is 29.2 Å². The fourth-order valence-corrected chi connectivity index (χ4v) is 6.14. The van der Waals surface area contributed by atoms with Gasteiger partial charge in [0.05, 0.1) is 12.0 Å². The number of hydrogen-bond donors (Lipinski definition) is 0. The molecular weight excluding hydrogens is 454 g/mol. The number of rotatable bonds is 6. The zero-order chi connectivity index (χ0) is 24.3. The Bertz CT molecular complexity index is 1140. The van der Waals surface area contributed by atoms with Gasteiger partial charge in [-0.1, -0.05) is 12.1 Å². The van der Waals surface area contributed by atoms with Gasteiger partial charge in [0.1, 0.15) is 5.75 Å². The van der Waals surface area contributed by atoms with Crippen molar-refractivity contribution in [2.45, 2.75) is 37.1 Å². The zero-order valence-electron chi connectivity index (χ0n) is 19.6. The van der Waals surface area contributed by atoms with Crippen LogP contribution >= 0.6 is 0 Å². The van der Waals surface area contributed by atoms with Crippen LogP contribution in [-0.2, 0) is 21.2 Å². The molecule has 0 aliphatic carbocycles. The fraction of sp³-hybridized carbons (Fsp3) is 0.440. The van der Waals surface area contributed by atoms with Crippen LogP contribution in [0.15, 0.2) is 53.4 Å². The van der Waals surface area contributed by atoms with Gasteiger partial charge in [-0.3, -0.25) is 9.59 Å². The van der Waals surface area contributed by atoms with Crippen LogP contribution in [0.4, 0.5) is 0 Å². The molecule has 4 rings (SSSR count). The predicted molar refractivity (Wildman–Crippen MR) is 128 cm³/mol. The SMILES string of the molecule is COc1cccc(CC2CCCN2C(=O)c2ccc(S(=O)(=O)N3CCN(C(C)=O)CC3)cc2)c1. The predicted octanol–water partition coefficient (Wildman–Crippen LogP) is 2.40. The number of carbonyl (C=O) groups is 2. The third-order valence-corrected chi connectivity index (χ3v) is 8.58. The summed E-state index contributed by atoms with van der Waals surface area (Å²) >= 11 is 0. The van der Waals surface area contributed by atoms with E-state index in [0.717, 1.165) is 30.6 Å². The Labute approximate surface area is 201 Å². The van der Waals surface area contributed by atoms with Gasteiger partial charge in [-0.15, -0.1) is 0 Å². The molecule has 0 saturated carbocycles. The van der Waals surface area contributed by atoms with Gasteiger partial charge < -0.3 is 14.5 Å². The van der Waals surface area contributed by atoms with Crippen LogP contribution in [0.3, 0.4) is 0 Å². The summed E-state index contributed by atoms with van der Waals surface area (Å²) in [6, 6.07) is 14.2. The van der Waals surface area contributed by atoms with Gasteiger partial charge in [0, 0.05) is 51.3 Å². The van der Waals surface area contributed by atoms with E-state index in [4.69, 9.17) is 4.74 Å². The van der Waals surface area contributed by atoms with Crippen molar-refractivity contribution < 1.29 is 22.7 Å². The Hall–Kier alpha value is -2.91. The zero-order valence-corrected chi connectivity index (χ0v) is 20.5. The molecular formula is C25H31N3O5S. The van der Waals surface area contributed by atoms with Crippen molar-refractivity contribution in [1.82, 2.24) is 14.1 Å². The average molecular weight is 486 g/mol. The summed E-state index contributed by atoms with van der Waals surface area (Å²) in [6.45, 7) is 3.48. The van der Waals surface area contributed by atoms with E-state index in [1.165, 1.54) is 23.4 Å². The van der Waals surface area contributed by atoms with Crippen molar-refractivity contribution in [3.8, 4) is 5.75 Å².